The van der Waals surface area contributed by atoms with Gasteiger partial charge in [0.05, 0.1) is 5.75 Å². The normalized spacial score (nSPS) is 11.8. The average molecular weight is 277 g/mol. The first kappa shape index (κ1) is 14.1. The standard InChI is InChI=1S/C14H19N3OS/c1-14(2,3)19-9-12-16-13(18-17-12)11-6-4-10(8-15)5-7-11/h4-7H,8-9,15H2,1-3H3. The molecule has 1 heterocycles. The molecule has 2 N–H and O–H groups in total. The minimum absolute atomic E-state index is 0.198. The van der Waals surface area contributed by atoms with Crippen molar-refractivity contribution >= 4 is 11.8 Å². The van der Waals surface area contributed by atoms with E-state index in [0.717, 1.165) is 22.7 Å². The van der Waals surface area contributed by atoms with Crippen LogP contribution in [0.3, 0.4) is 0 Å². The van der Waals surface area contributed by atoms with Crippen LogP contribution in [0, 0.1) is 0 Å². The van der Waals surface area contributed by atoms with Crippen molar-refractivity contribution in [1.82, 2.24) is 10.1 Å². The van der Waals surface area contributed by atoms with Gasteiger partial charge >= 0.3 is 0 Å². The van der Waals surface area contributed by atoms with E-state index < -0.39 is 0 Å². The lowest BCUT2D eigenvalue weighted by molar-refractivity contribution is 0.425. The molecule has 0 aliphatic carbocycles. The molecule has 2 rings (SSSR count). The van der Waals surface area contributed by atoms with Crippen molar-refractivity contribution in [3.8, 4) is 11.5 Å². The van der Waals surface area contributed by atoms with Crippen LogP contribution in [-0.2, 0) is 12.3 Å². The quantitative estimate of drug-likeness (QED) is 0.929. The van der Waals surface area contributed by atoms with Crippen LogP contribution in [0.4, 0.5) is 0 Å². The average Bonchev–Trinajstić information content (AvgIpc) is 2.84. The van der Waals surface area contributed by atoms with Gasteiger partial charge in [-0.1, -0.05) is 38.1 Å². The van der Waals surface area contributed by atoms with Crippen LogP contribution < -0.4 is 5.73 Å². The molecule has 2 aromatic rings. The van der Waals surface area contributed by atoms with E-state index in [2.05, 4.69) is 30.9 Å². The third kappa shape index (κ3) is 4.08. The molecule has 0 saturated heterocycles. The minimum Gasteiger partial charge on any atom is -0.334 e. The first-order valence-electron chi connectivity index (χ1n) is 6.24. The van der Waals surface area contributed by atoms with Crippen molar-refractivity contribution < 1.29 is 4.52 Å². The molecule has 0 bridgehead atoms. The van der Waals surface area contributed by atoms with E-state index in [1.54, 1.807) is 11.8 Å². The Labute approximate surface area is 117 Å². The second-order valence-electron chi connectivity index (χ2n) is 5.32. The Morgan fingerprint density at radius 3 is 2.47 bits per heavy atom. The molecule has 0 fully saturated rings. The van der Waals surface area contributed by atoms with E-state index in [1.807, 2.05) is 24.3 Å². The molecule has 0 radical (unpaired) electrons. The molecule has 0 atom stereocenters. The van der Waals surface area contributed by atoms with Crippen LogP contribution >= 0.6 is 11.8 Å². The van der Waals surface area contributed by atoms with E-state index >= 15 is 0 Å². The molecule has 5 heteroatoms. The summed E-state index contributed by atoms with van der Waals surface area (Å²) < 4.78 is 5.48. The third-order valence-electron chi connectivity index (χ3n) is 2.54. The zero-order chi connectivity index (χ0) is 13.9. The molecule has 102 valence electrons. The molecular weight excluding hydrogens is 258 g/mol. The summed E-state index contributed by atoms with van der Waals surface area (Å²) in [7, 11) is 0. The summed E-state index contributed by atoms with van der Waals surface area (Å²) in [4.78, 5) is 4.41. The Kier molecular flexibility index (Phi) is 4.27. The lowest BCUT2D eigenvalue weighted by atomic mass is 10.1. The predicted molar refractivity (Wildman–Crippen MR) is 78.7 cm³/mol. The summed E-state index contributed by atoms with van der Waals surface area (Å²) in [6, 6.07) is 7.86. The van der Waals surface area contributed by atoms with Gasteiger partial charge in [-0.25, -0.2) is 0 Å². The summed E-state index contributed by atoms with van der Waals surface area (Å²) in [5, 5.41) is 4.01. The van der Waals surface area contributed by atoms with Crippen molar-refractivity contribution in [2.24, 2.45) is 5.73 Å². The lowest BCUT2D eigenvalue weighted by Gasteiger charge is -2.15. The Morgan fingerprint density at radius 2 is 1.89 bits per heavy atom. The van der Waals surface area contributed by atoms with Crippen LogP contribution in [0.2, 0.25) is 0 Å². The fraction of sp³-hybridized carbons (Fsp3) is 0.429. The first-order valence-corrected chi connectivity index (χ1v) is 7.22. The van der Waals surface area contributed by atoms with Gasteiger partial charge in [-0.3, -0.25) is 0 Å². The molecule has 0 saturated carbocycles. The molecule has 1 aromatic carbocycles. The fourth-order valence-corrected chi connectivity index (χ4v) is 2.17. The second-order valence-corrected chi connectivity index (χ2v) is 7.12. The number of nitrogens with zero attached hydrogens (tertiary/aromatic N) is 2. The molecule has 0 aliphatic heterocycles. The Bertz CT molecular complexity index is 528. The van der Waals surface area contributed by atoms with E-state index in [-0.39, 0.29) is 4.75 Å². The molecule has 0 aliphatic rings. The maximum Gasteiger partial charge on any atom is 0.257 e. The molecule has 0 unspecified atom stereocenters. The van der Waals surface area contributed by atoms with Crippen molar-refractivity contribution in [1.29, 1.82) is 0 Å². The maximum atomic E-state index is 5.57. The molecule has 0 spiro atoms. The van der Waals surface area contributed by atoms with Crippen molar-refractivity contribution in [2.75, 3.05) is 0 Å². The van der Waals surface area contributed by atoms with E-state index in [1.165, 1.54) is 0 Å². The SMILES string of the molecule is CC(C)(C)SCc1noc(-c2ccc(CN)cc2)n1. The van der Waals surface area contributed by atoms with E-state index in [0.29, 0.717) is 12.4 Å². The van der Waals surface area contributed by atoms with Crippen molar-refractivity contribution in [3.05, 3.63) is 35.7 Å². The van der Waals surface area contributed by atoms with Gasteiger partial charge in [0.1, 0.15) is 0 Å². The van der Waals surface area contributed by atoms with Crippen molar-refractivity contribution in [2.45, 2.75) is 37.8 Å². The molecule has 4 nitrogen and oxygen atoms in total. The summed E-state index contributed by atoms with van der Waals surface area (Å²) in [5.74, 6) is 2.05. The number of aromatic nitrogens is 2. The second kappa shape index (κ2) is 5.75. The van der Waals surface area contributed by atoms with Gasteiger partial charge in [0.2, 0.25) is 0 Å². The minimum atomic E-state index is 0.198. The summed E-state index contributed by atoms with van der Waals surface area (Å²) >= 11 is 1.80. The summed E-state index contributed by atoms with van der Waals surface area (Å²) in [6.45, 7) is 7.05. The monoisotopic (exact) mass is 277 g/mol. The summed E-state index contributed by atoms with van der Waals surface area (Å²) in [5.41, 5.74) is 7.59. The zero-order valence-corrected chi connectivity index (χ0v) is 12.3. The van der Waals surface area contributed by atoms with E-state index in [4.69, 9.17) is 10.3 Å². The van der Waals surface area contributed by atoms with Crippen molar-refractivity contribution in [3.63, 3.8) is 0 Å². The zero-order valence-electron chi connectivity index (χ0n) is 11.5. The summed E-state index contributed by atoms with van der Waals surface area (Å²) in [6.07, 6.45) is 0. The Morgan fingerprint density at radius 1 is 1.21 bits per heavy atom. The molecule has 19 heavy (non-hydrogen) atoms. The number of hydrogen-bond donors (Lipinski definition) is 1. The van der Waals surface area contributed by atoms with E-state index in [9.17, 15) is 0 Å². The van der Waals surface area contributed by atoms with Gasteiger partial charge in [-0.15, -0.1) is 11.8 Å². The van der Waals surface area contributed by atoms with Crippen LogP contribution in [0.1, 0.15) is 32.2 Å². The lowest BCUT2D eigenvalue weighted by Crippen LogP contribution is -2.07. The fourth-order valence-electron chi connectivity index (χ4n) is 1.49. The largest absolute Gasteiger partial charge is 0.334 e. The smallest absolute Gasteiger partial charge is 0.257 e. The van der Waals surface area contributed by atoms with Crippen LogP contribution in [0.5, 0.6) is 0 Å². The first-order chi connectivity index (χ1) is 8.98. The van der Waals surface area contributed by atoms with Crippen LogP contribution in [-0.4, -0.2) is 14.9 Å². The topological polar surface area (TPSA) is 64.9 Å². The number of thioether (sulfide) groups is 1. The van der Waals surface area contributed by atoms with Gasteiger partial charge in [-0.2, -0.15) is 4.98 Å². The highest BCUT2D eigenvalue weighted by atomic mass is 32.2. The van der Waals surface area contributed by atoms with Gasteiger partial charge in [0, 0.05) is 16.9 Å². The number of hydrogen-bond acceptors (Lipinski definition) is 5. The van der Waals surface area contributed by atoms with Crippen LogP contribution in [0.25, 0.3) is 11.5 Å². The molecule has 1 aromatic heterocycles. The number of benzene rings is 1. The highest BCUT2D eigenvalue weighted by molar-refractivity contribution is 7.99. The van der Waals surface area contributed by atoms with Gasteiger partial charge in [-0.05, 0) is 17.7 Å². The highest BCUT2D eigenvalue weighted by Crippen LogP contribution is 2.27. The van der Waals surface area contributed by atoms with Gasteiger partial charge < -0.3 is 10.3 Å². The van der Waals surface area contributed by atoms with Gasteiger partial charge in [0.15, 0.2) is 5.82 Å². The Balaban J connectivity index is 2.07. The molecule has 0 amide bonds. The van der Waals surface area contributed by atoms with Crippen LogP contribution in [0.15, 0.2) is 28.8 Å². The number of rotatable bonds is 4. The third-order valence-corrected chi connectivity index (χ3v) is 3.81. The van der Waals surface area contributed by atoms with Gasteiger partial charge in [0.25, 0.3) is 5.89 Å². The Hall–Kier alpha value is -1.33. The maximum absolute atomic E-state index is 5.57. The molecular formula is C14H19N3OS. The highest BCUT2D eigenvalue weighted by Gasteiger charge is 2.14. The predicted octanol–water partition coefficient (Wildman–Crippen LogP) is 3.23. The number of nitrogens with two attached hydrogens (primary N) is 1.